The summed E-state index contributed by atoms with van der Waals surface area (Å²) in [6.07, 6.45) is 6.89. The first-order chi connectivity index (χ1) is 24.4. The van der Waals surface area contributed by atoms with Crippen LogP contribution in [0.1, 0.15) is 119 Å². The molecule has 3 aliphatic heterocycles. The van der Waals surface area contributed by atoms with Gasteiger partial charge < -0.3 is 30.9 Å². The quantitative estimate of drug-likeness (QED) is 0.217. The molecule has 0 aromatic rings. The van der Waals surface area contributed by atoms with Gasteiger partial charge in [0.1, 0.15) is 12.1 Å². The normalized spacial score (nSPS) is 27.5. The van der Waals surface area contributed by atoms with E-state index in [-0.39, 0.29) is 62.2 Å². The van der Waals surface area contributed by atoms with Crippen LogP contribution in [0.5, 0.6) is 0 Å². The van der Waals surface area contributed by atoms with Crippen molar-refractivity contribution in [2.45, 2.75) is 149 Å². The highest BCUT2D eigenvalue weighted by Gasteiger charge is 2.46. The third kappa shape index (κ3) is 11.2. The SMILES string of the molecule is CC(C)[C@H]1CCN2C(=O)[C@@H](NC(=O)N[C@H](CN3C(=O)CC(C)(C)CC3=O)C(C)(C)C)COCCCCCCC[C@@H](C(=O)C(=O)NC3CC3)NC(=O)[C@H]12. The average Bonchev–Trinajstić information content (AvgIpc) is 3.74. The van der Waals surface area contributed by atoms with Crippen molar-refractivity contribution in [3.8, 4) is 0 Å². The second kappa shape index (κ2) is 17.5. The number of carbonyl (C=O) groups is 7. The van der Waals surface area contributed by atoms with Crippen molar-refractivity contribution in [3.63, 3.8) is 0 Å². The van der Waals surface area contributed by atoms with Gasteiger partial charge in [0, 0.05) is 38.6 Å². The van der Waals surface area contributed by atoms with E-state index in [0.717, 1.165) is 38.5 Å². The lowest BCUT2D eigenvalue weighted by molar-refractivity contribution is -0.153. The zero-order valence-electron chi connectivity index (χ0n) is 32.3. The summed E-state index contributed by atoms with van der Waals surface area (Å²) in [5, 5.41) is 11.3. The number of rotatable bonds is 8. The first kappa shape index (κ1) is 41.2. The van der Waals surface area contributed by atoms with Crippen LogP contribution in [-0.2, 0) is 33.5 Å². The lowest BCUT2D eigenvalue weighted by Crippen LogP contribution is -2.61. The summed E-state index contributed by atoms with van der Waals surface area (Å²) in [5.41, 5.74) is -0.991. The fourth-order valence-corrected chi connectivity index (χ4v) is 7.42. The molecule has 4 aliphatic rings. The van der Waals surface area contributed by atoms with Gasteiger partial charge in [-0.15, -0.1) is 0 Å². The van der Waals surface area contributed by atoms with E-state index in [1.807, 2.05) is 48.5 Å². The number of ether oxygens (including phenoxy) is 1. The number of imide groups is 1. The molecule has 1 aliphatic carbocycles. The second-order valence-corrected chi connectivity index (χ2v) is 17.5. The molecule has 4 rings (SSSR count). The number of carbonyl (C=O) groups excluding carboxylic acids is 7. The minimum Gasteiger partial charge on any atom is -0.379 e. The predicted octanol–water partition coefficient (Wildman–Crippen LogP) is 2.82. The van der Waals surface area contributed by atoms with Crippen LogP contribution in [0, 0.1) is 22.7 Å². The van der Waals surface area contributed by atoms with E-state index >= 15 is 0 Å². The average molecular weight is 731 g/mol. The molecule has 7 amide bonds. The molecule has 52 heavy (non-hydrogen) atoms. The van der Waals surface area contributed by atoms with Crippen LogP contribution >= 0.6 is 0 Å². The van der Waals surface area contributed by atoms with Crippen molar-refractivity contribution in [1.82, 2.24) is 31.1 Å². The van der Waals surface area contributed by atoms with Gasteiger partial charge in [0.15, 0.2) is 0 Å². The van der Waals surface area contributed by atoms with E-state index in [9.17, 15) is 33.6 Å². The van der Waals surface area contributed by atoms with Gasteiger partial charge in [-0.25, -0.2) is 4.79 Å². The van der Waals surface area contributed by atoms with Crippen molar-refractivity contribution < 1.29 is 38.3 Å². The van der Waals surface area contributed by atoms with Crippen LogP contribution in [0.3, 0.4) is 0 Å². The molecule has 3 saturated heterocycles. The summed E-state index contributed by atoms with van der Waals surface area (Å²) in [4.78, 5) is 96.9. The monoisotopic (exact) mass is 730 g/mol. The Morgan fingerprint density at radius 1 is 0.904 bits per heavy atom. The minimum absolute atomic E-state index is 0.00342. The number of ketones is 1. The van der Waals surface area contributed by atoms with Crippen LogP contribution in [0.25, 0.3) is 0 Å². The third-order valence-corrected chi connectivity index (χ3v) is 10.9. The van der Waals surface area contributed by atoms with Crippen molar-refractivity contribution in [2.75, 3.05) is 26.3 Å². The number of Topliss-reactive ketones (excluding diaryl/α,β-unsaturated/α-hetero) is 1. The first-order valence-corrected chi connectivity index (χ1v) is 19.3. The fourth-order valence-electron chi connectivity index (χ4n) is 7.42. The van der Waals surface area contributed by atoms with Crippen LogP contribution in [0.15, 0.2) is 0 Å². The number of urea groups is 1. The Morgan fingerprint density at radius 2 is 1.54 bits per heavy atom. The third-order valence-electron chi connectivity index (χ3n) is 10.9. The summed E-state index contributed by atoms with van der Waals surface area (Å²) < 4.78 is 5.94. The van der Waals surface area contributed by atoms with Crippen LogP contribution < -0.4 is 21.3 Å². The van der Waals surface area contributed by atoms with Crippen LogP contribution in [-0.4, -0.2) is 108 Å². The standard InChI is InChI=1S/C38H62N6O8/c1-23(2)25-16-17-43-31(25)33(48)40-26(32(47)34(49)39-24-14-15-24)13-11-9-8-10-12-18-52-22-27(35(43)50)41-36(51)42-28(37(3,4)5)21-44-29(45)19-38(6,7)20-30(44)46/h23-28,31H,8-22H2,1-7H3,(H,39,49)(H,40,48)(H2,41,42,51)/t25-,26+,27+,28-,31+/m1/s1. The Hall–Kier alpha value is -3.55. The molecule has 4 fully saturated rings. The number of likely N-dealkylation sites (tertiary alicyclic amines) is 1. The van der Waals surface area contributed by atoms with Crippen LogP contribution in [0.4, 0.5) is 4.79 Å². The zero-order chi connectivity index (χ0) is 38.4. The highest BCUT2D eigenvalue weighted by molar-refractivity contribution is 6.38. The smallest absolute Gasteiger partial charge is 0.315 e. The van der Waals surface area contributed by atoms with Crippen molar-refractivity contribution in [3.05, 3.63) is 0 Å². The lowest BCUT2D eigenvalue weighted by Gasteiger charge is -2.40. The van der Waals surface area contributed by atoms with Crippen LogP contribution in [0.2, 0.25) is 0 Å². The van der Waals surface area contributed by atoms with Gasteiger partial charge in [-0.1, -0.05) is 74.1 Å². The number of nitrogens with zero attached hydrogens (tertiary/aromatic N) is 2. The molecular formula is C38H62N6O8. The Bertz CT molecular complexity index is 1330. The Labute approximate surface area is 308 Å². The Kier molecular flexibility index (Phi) is 13.9. The molecule has 0 spiro atoms. The number of fused-ring (bicyclic) bond motifs is 1. The zero-order valence-corrected chi connectivity index (χ0v) is 32.3. The largest absolute Gasteiger partial charge is 0.379 e. The Balaban J connectivity index is 1.54. The van der Waals surface area contributed by atoms with Crippen molar-refractivity contribution in [2.24, 2.45) is 22.7 Å². The maximum absolute atomic E-state index is 14.4. The van der Waals surface area contributed by atoms with E-state index in [1.54, 1.807) is 0 Å². The molecular weight excluding hydrogens is 668 g/mol. The van der Waals surface area contributed by atoms with Crippen molar-refractivity contribution >= 4 is 41.4 Å². The molecule has 0 aromatic heterocycles. The topological polar surface area (TPSA) is 183 Å². The second-order valence-electron chi connectivity index (χ2n) is 17.5. The molecule has 4 N–H and O–H groups in total. The number of piperidine rings is 1. The maximum atomic E-state index is 14.4. The highest BCUT2D eigenvalue weighted by atomic mass is 16.5. The maximum Gasteiger partial charge on any atom is 0.315 e. The molecule has 0 bridgehead atoms. The number of hydrogen-bond acceptors (Lipinski definition) is 8. The van der Waals surface area contributed by atoms with E-state index in [0.29, 0.717) is 25.9 Å². The van der Waals surface area contributed by atoms with E-state index in [2.05, 4.69) is 21.3 Å². The highest BCUT2D eigenvalue weighted by Crippen LogP contribution is 2.34. The molecule has 292 valence electrons. The van der Waals surface area contributed by atoms with Gasteiger partial charge in [0.2, 0.25) is 29.4 Å². The van der Waals surface area contributed by atoms with Gasteiger partial charge >= 0.3 is 6.03 Å². The Morgan fingerprint density at radius 3 is 2.15 bits per heavy atom. The number of amides is 7. The molecule has 1 saturated carbocycles. The summed E-state index contributed by atoms with van der Waals surface area (Å²) in [5.74, 6) is -3.12. The van der Waals surface area contributed by atoms with Gasteiger partial charge in [-0.05, 0) is 54.8 Å². The lowest BCUT2D eigenvalue weighted by atomic mass is 9.80. The molecule has 14 heteroatoms. The number of hydrogen-bond donors (Lipinski definition) is 4. The van der Waals surface area contributed by atoms with Gasteiger partial charge in [0.05, 0.1) is 18.7 Å². The molecule has 5 atom stereocenters. The summed E-state index contributed by atoms with van der Waals surface area (Å²) >= 11 is 0. The minimum atomic E-state index is -1.14. The van der Waals surface area contributed by atoms with E-state index < -0.39 is 64.5 Å². The van der Waals surface area contributed by atoms with Gasteiger partial charge in [-0.3, -0.25) is 33.7 Å². The first-order valence-electron chi connectivity index (χ1n) is 19.3. The van der Waals surface area contributed by atoms with Gasteiger partial charge in [0.25, 0.3) is 5.91 Å². The molecule has 14 nitrogen and oxygen atoms in total. The summed E-state index contributed by atoms with van der Waals surface area (Å²) in [6, 6.07) is -4.37. The molecule has 3 heterocycles. The fraction of sp³-hybridized carbons (Fsp3) is 0.816. The van der Waals surface area contributed by atoms with Crippen molar-refractivity contribution in [1.29, 1.82) is 0 Å². The van der Waals surface area contributed by atoms with Gasteiger partial charge in [-0.2, -0.15) is 0 Å². The predicted molar refractivity (Wildman–Crippen MR) is 194 cm³/mol. The molecule has 0 unspecified atom stereocenters. The number of nitrogens with one attached hydrogen (secondary N) is 4. The molecule has 0 aromatic carbocycles. The molecule has 0 radical (unpaired) electrons. The van der Waals surface area contributed by atoms with E-state index in [4.69, 9.17) is 4.74 Å². The summed E-state index contributed by atoms with van der Waals surface area (Å²) in [6.45, 7) is 13.9. The summed E-state index contributed by atoms with van der Waals surface area (Å²) in [7, 11) is 0. The van der Waals surface area contributed by atoms with E-state index in [1.165, 1.54) is 9.80 Å².